The topological polar surface area (TPSA) is 0 Å². The number of rotatable bonds is 0. The van der Waals surface area contributed by atoms with Gasteiger partial charge in [-0.25, -0.2) is 17.6 Å². The standard InChI is InChI=1S/C18H10F4/c1-7-5-9-3-4-10-8(2)15(19)17(21)14-13(10)12(9)11(6-7)16(20)18(14)22/h3-6H,1-2H3. The van der Waals surface area contributed by atoms with E-state index < -0.39 is 28.7 Å². The van der Waals surface area contributed by atoms with E-state index in [1.54, 1.807) is 19.1 Å². The van der Waals surface area contributed by atoms with E-state index in [2.05, 4.69) is 0 Å². The number of benzene rings is 4. The van der Waals surface area contributed by atoms with Gasteiger partial charge in [0.1, 0.15) is 0 Å². The average Bonchev–Trinajstić information content (AvgIpc) is 2.49. The van der Waals surface area contributed by atoms with Gasteiger partial charge < -0.3 is 0 Å². The van der Waals surface area contributed by atoms with E-state index in [0.717, 1.165) is 5.56 Å². The first-order chi connectivity index (χ1) is 10.4. The van der Waals surface area contributed by atoms with Gasteiger partial charge in [-0.05, 0) is 41.8 Å². The Morgan fingerprint density at radius 3 is 2.05 bits per heavy atom. The fraction of sp³-hybridized carbons (Fsp3) is 0.111. The Balaban J connectivity index is 2.51. The molecule has 0 unspecified atom stereocenters. The molecular weight excluding hydrogens is 292 g/mol. The van der Waals surface area contributed by atoms with Crippen LogP contribution in [0.25, 0.3) is 32.3 Å². The zero-order valence-corrected chi connectivity index (χ0v) is 11.8. The number of aryl methyl sites for hydroxylation is 2. The van der Waals surface area contributed by atoms with Crippen molar-refractivity contribution >= 4 is 32.3 Å². The Morgan fingerprint density at radius 1 is 0.636 bits per heavy atom. The Morgan fingerprint density at radius 2 is 1.32 bits per heavy atom. The monoisotopic (exact) mass is 302 g/mol. The third-order valence-electron chi connectivity index (χ3n) is 4.31. The van der Waals surface area contributed by atoms with Crippen LogP contribution in [0.5, 0.6) is 0 Å². The van der Waals surface area contributed by atoms with Gasteiger partial charge in [-0.1, -0.05) is 18.2 Å². The van der Waals surface area contributed by atoms with Gasteiger partial charge in [0.25, 0.3) is 0 Å². The summed E-state index contributed by atoms with van der Waals surface area (Å²) in [5.41, 5.74) is 0.868. The van der Waals surface area contributed by atoms with Crippen LogP contribution in [0.3, 0.4) is 0 Å². The SMILES string of the molecule is Cc1cc2ccc3c(C)c(F)c(F)c4c(F)c(F)c(c1)c2c34. The molecule has 0 saturated carbocycles. The van der Waals surface area contributed by atoms with E-state index in [4.69, 9.17) is 0 Å². The molecule has 0 N–H and O–H groups in total. The second-order valence-corrected chi connectivity index (χ2v) is 5.65. The molecule has 0 aromatic heterocycles. The maximum absolute atomic E-state index is 14.4. The van der Waals surface area contributed by atoms with Crippen LogP contribution in [-0.4, -0.2) is 0 Å². The summed E-state index contributed by atoms with van der Waals surface area (Å²) in [6.07, 6.45) is 0. The van der Waals surface area contributed by atoms with Gasteiger partial charge in [0.2, 0.25) is 0 Å². The molecule has 0 fully saturated rings. The summed E-state index contributed by atoms with van der Waals surface area (Å²) in [5, 5.41) is 1.22. The lowest BCUT2D eigenvalue weighted by atomic mass is 9.90. The molecule has 0 atom stereocenters. The van der Waals surface area contributed by atoms with Crippen molar-refractivity contribution in [1.82, 2.24) is 0 Å². The molecule has 0 spiro atoms. The zero-order chi connectivity index (χ0) is 15.8. The van der Waals surface area contributed by atoms with Crippen molar-refractivity contribution in [2.24, 2.45) is 0 Å². The van der Waals surface area contributed by atoms with E-state index >= 15 is 0 Å². The first-order valence-electron chi connectivity index (χ1n) is 6.82. The highest BCUT2D eigenvalue weighted by atomic mass is 19.2. The van der Waals surface area contributed by atoms with Gasteiger partial charge in [0.15, 0.2) is 23.3 Å². The first kappa shape index (κ1) is 13.3. The normalized spacial score (nSPS) is 12.1. The van der Waals surface area contributed by atoms with E-state index in [-0.39, 0.29) is 16.3 Å². The molecule has 110 valence electrons. The number of hydrogen-bond donors (Lipinski definition) is 0. The summed E-state index contributed by atoms with van der Waals surface area (Å²) in [5.74, 6) is -4.96. The van der Waals surface area contributed by atoms with Crippen molar-refractivity contribution in [2.45, 2.75) is 13.8 Å². The van der Waals surface area contributed by atoms with Gasteiger partial charge in [-0.3, -0.25) is 0 Å². The van der Waals surface area contributed by atoms with E-state index in [0.29, 0.717) is 16.2 Å². The van der Waals surface area contributed by atoms with Gasteiger partial charge in [0.05, 0.1) is 5.39 Å². The third-order valence-corrected chi connectivity index (χ3v) is 4.31. The molecule has 0 amide bonds. The fourth-order valence-corrected chi connectivity index (χ4v) is 3.30. The predicted octanol–water partition coefficient (Wildman–Crippen LogP) is 5.76. The van der Waals surface area contributed by atoms with Crippen LogP contribution >= 0.6 is 0 Å². The predicted molar refractivity (Wildman–Crippen MR) is 79.5 cm³/mol. The van der Waals surface area contributed by atoms with Crippen LogP contribution < -0.4 is 0 Å². The van der Waals surface area contributed by atoms with Gasteiger partial charge in [-0.15, -0.1) is 0 Å². The van der Waals surface area contributed by atoms with Crippen LogP contribution in [0.4, 0.5) is 17.6 Å². The zero-order valence-electron chi connectivity index (χ0n) is 11.8. The molecule has 0 aliphatic rings. The van der Waals surface area contributed by atoms with Crippen LogP contribution in [-0.2, 0) is 0 Å². The maximum Gasteiger partial charge on any atom is 0.170 e. The van der Waals surface area contributed by atoms with E-state index in [1.807, 2.05) is 6.07 Å². The van der Waals surface area contributed by atoms with Crippen molar-refractivity contribution in [2.75, 3.05) is 0 Å². The van der Waals surface area contributed by atoms with Crippen molar-refractivity contribution < 1.29 is 17.6 Å². The highest BCUT2D eigenvalue weighted by Crippen LogP contribution is 2.41. The van der Waals surface area contributed by atoms with Gasteiger partial charge >= 0.3 is 0 Å². The lowest BCUT2D eigenvalue weighted by molar-refractivity contribution is 0.495. The second kappa shape index (κ2) is 4.09. The van der Waals surface area contributed by atoms with Crippen LogP contribution in [0, 0.1) is 37.1 Å². The summed E-state index contributed by atoms with van der Waals surface area (Å²) in [7, 11) is 0. The van der Waals surface area contributed by atoms with Crippen LogP contribution in [0.2, 0.25) is 0 Å². The Labute approximate surface area is 123 Å². The smallest absolute Gasteiger partial charge is 0.170 e. The second-order valence-electron chi connectivity index (χ2n) is 5.65. The molecule has 0 aliphatic carbocycles. The molecule has 4 aromatic rings. The molecule has 0 saturated heterocycles. The lowest BCUT2D eigenvalue weighted by Crippen LogP contribution is -2.00. The Kier molecular flexibility index (Phi) is 2.48. The molecule has 4 rings (SSSR count). The quantitative estimate of drug-likeness (QED) is 0.286. The van der Waals surface area contributed by atoms with Gasteiger partial charge in [-0.2, -0.15) is 0 Å². The summed E-state index contributed by atoms with van der Waals surface area (Å²) in [4.78, 5) is 0. The summed E-state index contributed by atoms with van der Waals surface area (Å²) in [6, 6.07) is 6.68. The van der Waals surface area contributed by atoms with Crippen LogP contribution in [0.15, 0.2) is 24.3 Å². The van der Waals surface area contributed by atoms with E-state index in [1.165, 1.54) is 13.0 Å². The minimum Gasteiger partial charge on any atom is -0.203 e. The highest BCUT2D eigenvalue weighted by Gasteiger charge is 2.24. The molecule has 4 aromatic carbocycles. The van der Waals surface area contributed by atoms with Crippen molar-refractivity contribution in [3.63, 3.8) is 0 Å². The van der Waals surface area contributed by atoms with E-state index in [9.17, 15) is 17.6 Å². The Bertz CT molecular complexity index is 1080. The minimum absolute atomic E-state index is 0.0935. The van der Waals surface area contributed by atoms with Crippen molar-refractivity contribution in [3.05, 3.63) is 58.7 Å². The number of hydrogen-bond acceptors (Lipinski definition) is 0. The summed E-state index contributed by atoms with van der Waals surface area (Å²) < 4.78 is 57.0. The third kappa shape index (κ3) is 1.42. The molecular formula is C18H10F4. The molecule has 0 aliphatic heterocycles. The summed E-state index contributed by atoms with van der Waals surface area (Å²) >= 11 is 0. The molecule has 22 heavy (non-hydrogen) atoms. The number of halogens is 4. The Hall–Kier alpha value is -2.36. The largest absolute Gasteiger partial charge is 0.203 e. The van der Waals surface area contributed by atoms with Crippen LogP contribution in [0.1, 0.15) is 11.1 Å². The first-order valence-corrected chi connectivity index (χ1v) is 6.82. The molecule has 0 heterocycles. The highest BCUT2D eigenvalue weighted by molar-refractivity contribution is 6.24. The van der Waals surface area contributed by atoms with Crippen molar-refractivity contribution in [1.29, 1.82) is 0 Å². The molecule has 4 heteroatoms. The molecule has 0 radical (unpaired) electrons. The fourth-order valence-electron chi connectivity index (χ4n) is 3.30. The lowest BCUT2D eigenvalue weighted by Gasteiger charge is -2.16. The summed E-state index contributed by atoms with van der Waals surface area (Å²) in [6.45, 7) is 3.21. The van der Waals surface area contributed by atoms with Crippen molar-refractivity contribution in [3.8, 4) is 0 Å². The van der Waals surface area contributed by atoms with Gasteiger partial charge in [0, 0.05) is 16.2 Å². The minimum atomic E-state index is -1.34. The maximum atomic E-state index is 14.4. The molecule has 0 nitrogen and oxygen atoms in total. The molecule has 0 bridgehead atoms. The average molecular weight is 302 g/mol.